The topological polar surface area (TPSA) is 9.23 Å². The van der Waals surface area contributed by atoms with Crippen LogP contribution in [0.1, 0.15) is 6.92 Å². The Labute approximate surface area is 50.7 Å². The van der Waals surface area contributed by atoms with Gasteiger partial charge in [0.1, 0.15) is 0 Å². The van der Waals surface area contributed by atoms with E-state index in [0.717, 1.165) is 12.2 Å². The molecule has 0 aliphatic carbocycles. The summed E-state index contributed by atoms with van der Waals surface area (Å²) in [5, 5.41) is 0. The van der Waals surface area contributed by atoms with Gasteiger partial charge in [-0.1, -0.05) is 19.2 Å². The number of hydrogen-bond acceptors (Lipinski definition) is 1. The highest BCUT2D eigenvalue weighted by atomic mass is 16.5. The Morgan fingerprint density at radius 3 is 2.75 bits per heavy atom. The Hall–Kier alpha value is -0.560. The van der Waals surface area contributed by atoms with Crippen LogP contribution in [0.3, 0.4) is 0 Å². The summed E-state index contributed by atoms with van der Waals surface area (Å²) in [6.45, 7) is 10.5. The largest absolute Gasteiger partial charge is 0.377 e. The Balaban J connectivity index is 3.11. The predicted molar refractivity (Wildman–Crippen MR) is 35.8 cm³/mol. The van der Waals surface area contributed by atoms with Crippen molar-refractivity contribution in [1.29, 1.82) is 0 Å². The second kappa shape index (κ2) is 4.60. The maximum Gasteiger partial charge on any atom is 0.0710 e. The van der Waals surface area contributed by atoms with Crippen molar-refractivity contribution in [2.75, 3.05) is 13.2 Å². The molecule has 1 heteroatoms. The van der Waals surface area contributed by atoms with Gasteiger partial charge < -0.3 is 4.74 Å². The first-order valence-electron chi connectivity index (χ1n) is 2.69. The molecule has 0 aliphatic rings. The van der Waals surface area contributed by atoms with E-state index in [9.17, 15) is 0 Å². The van der Waals surface area contributed by atoms with Gasteiger partial charge in [-0.3, -0.25) is 0 Å². The molecule has 0 atom stereocenters. The molecule has 0 fully saturated rings. The fourth-order valence-electron chi connectivity index (χ4n) is 0.292. The summed E-state index contributed by atoms with van der Waals surface area (Å²) in [6.07, 6.45) is 1.70. The first-order chi connectivity index (χ1) is 3.81. The molecular formula is C7H12O. The average molecular weight is 112 g/mol. The van der Waals surface area contributed by atoms with Crippen LogP contribution >= 0.6 is 0 Å². The van der Waals surface area contributed by atoms with E-state index in [4.69, 9.17) is 4.74 Å². The van der Waals surface area contributed by atoms with E-state index < -0.39 is 0 Å². The van der Waals surface area contributed by atoms with Crippen LogP contribution in [-0.2, 0) is 4.74 Å². The third kappa shape index (κ3) is 3.62. The SMILES string of the molecule is C=CC(=C)COCC. The minimum absolute atomic E-state index is 0.611. The molecule has 0 N–H and O–H groups in total. The smallest absolute Gasteiger partial charge is 0.0710 e. The Morgan fingerprint density at radius 1 is 1.75 bits per heavy atom. The van der Waals surface area contributed by atoms with Gasteiger partial charge in [-0.25, -0.2) is 0 Å². The van der Waals surface area contributed by atoms with Gasteiger partial charge in [0.2, 0.25) is 0 Å². The van der Waals surface area contributed by atoms with Gasteiger partial charge in [0.15, 0.2) is 0 Å². The quantitative estimate of drug-likeness (QED) is 0.503. The van der Waals surface area contributed by atoms with Crippen molar-refractivity contribution in [3.8, 4) is 0 Å². The van der Waals surface area contributed by atoms with Crippen LogP contribution in [0.25, 0.3) is 0 Å². The zero-order valence-electron chi connectivity index (χ0n) is 5.31. The van der Waals surface area contributed by atoms with Crippen LogP contribution in [0, 0.1) is 0 Å². The lowest BCUT2D eigenvalue weighted by molar-refractivity contribution is 0.173. The third-order valence-electron chi connectivity index (χ3n) is 0.780. The molecule has 0 bridgehead atoms. The van der Waals surface area contributed by atoms with Crippen molar-refractivity contribution in [1.82, 2.24) is 0 Å². The van der Waals surface area contributed by atoms with Gasteiger partial charge in [-0.2, -0.15) is 0 Å². The Morgan fingerprint density at radius 2 is 2.38 bits per heavy atom. The lowest BCUT2D eigenvalue weighted by atomic mass is 10.3. The first-order valence-corrected chi connectivity index (χ1v) is 2.69. The Bertz CT molecular complexity index is 84.4. The predicted octanol–water partition coefficient (Wildman–Crippen LogP) is 1.77. The molecule has 0 radical (unpaired) electrons. The molecule has 0 spiro atoms. The third-order valence-corrected chi connectivity index (χ3v) is 0.780. The molecule has 0 aromatic rings. The number of rotatable bonds is 4. The molecule has 1 nitrogen and oxygen atoms in total. The van der Waals surface area contributed by atoms with Gasteiger partial charge >= 0.3 is 0 Å². The fourth-order valence-corrected chi connectivity index (χ4v) is 0.292. The minimum Gasteiger partial charge on any atom is -0.377 e. The van der Waals surface area contributed by atoms with Crippen molar-refractivity contribution in [2.45, 2.75) is 6.92 Å². The molecular weight excluding hydrogens is 100 g/mol. The molecule has 0 amide bonds. The lowest BCUT2D eigenvalue weighted by Gasteiger charge is -1.96. The van der Waals surface area contributed by atoms with Crippen molar-refractivity contribution < 1.29 is 4.74 Å². The molecule has 0 aromatic heterocycles. The van der Waals surface area contributed by atoms with Crippen LogP contribution in [0.5, 0.6) is 0 Å². The van der Waals surface area contributed by atoms with Crippen molar-refractivity contribution in [3.05, 3.63) is 24.8 Å². The summed E-state index contributed by atoms with van der Waals surface area (Å²) in [5.74, 6) is 0. The normalized spacial score (nSPS) is 8.62. The molecule has 0 rings (SSSR count). The summed E-state index contributed by atoms with van der Waals surface area (Å²) in [6, 6.07) is 0. The van der Waals surface area contributed by atoms with E-state index in [2.05, 4.69) is 13.2 Å². The average Bonchev–Trinajstić information content (AvgIpc) is 1.83. The van der Waals surface area contributed by atoms with E-state index in [-0.39, 0.29) is 0 Å². The highest BCUT2D eigenvalue weighted by Gasteiger charge is 1.82. The molecule has 0 saturated carbocycles. The minimum atomic E-state index is 0.611. The van der Waals surface area contributed by atoms with Crippen LogP contribution in [-0.4, -0.2) is 13.2 Å². The van der Waals surface area contributed by atoms with E-state index in [1.807, 2.05) is 6.92 Å². The van der Waals surface area contributed by atoms with E-state index in [1.54, 1.807) is 6.08 Å². The van der Waals surface area contributed by atoms with Crippen LogP contribution in [0.4, 0.5) is 0 Å². The van der Waals surface area contributed by atoms with Crippen molar-refractivity contribution >= 4 is 0 Å². The fraction of sp³-hybridized carbons (Fsp3) is 0.429. The van der Waals surface area contributed by atoms with Gasteiger partial charge in [0.05, 0.1) is 6.61 Å². The molecule has 8 heavy (non-hydrogen) atoms. The maximum absolute atomic E-state index is 5.02. The molecule has 0 saturated heterocycles. The molecule has 0 aromatic carbocycles. The molecule has 0 aliphatic heterocycles. The Kier molecular flexibility index (Phi) is 4.27. The van der Waals surface area contributed by atoms with E-state index >= 15 is 0 Å². The number of hydrogen-bond donors (Lipinski definition) is 0. The van der Waals surface area contributed by atoms with Gasteiger partial charge in [0.25, 0.3) is 0 Å². The van der Waals surface area contributed by atoms with E-state index in [1.165, 1.54) is 0 Å². The van der Waals surface area contributed by atoms with Crippen molar-refractivity contribution in [3.63, 3.8) is 0 Å². The van der Waals surface area contributed by atoms with Crippen molar-refractivity contribution in [2.24, 2.45) is 0 Å². The van der Waals surface area contributed by atoms with Crippen LogP contribution in [0.2, 0.25) is 0 Å². The zero-order valence-corrected chi connectivity index (χ0v) is 5.31. The van der Waals surface area contributed by atoms with Crippen LogP contribution in [0.15, 0.2) is 24.8 Å². The van der Waals surface area contributed by atoms with Gasteiger partial charge in [0, 0.05) is 6.61 Å². The standard InChI is InChI=1S/C7H12O/c1-4-7(3)6-8-5-2/h4H,1,3,5-6H2,2H3. The van der Waals surface area contributed by atoms with Crippen LogP contribution < -0.4 is 0 Å². The molecule has 0 unspecified atom stereocenters. The summed E-state index contributed by atoms with van der Waals surface area (Å²) in [7, 11) is 0. The summed E-state index contributed by atoms with van der Waals surface area (Å²) in [5.41, 5.74) is 0.937. The summed E-state index contributed by atoms with van der Waals surface area (Å²) in [4.78, 5) is 0. The zero-order chi connectivity index (χ0) is 6.41. The second-order valence-electron chi connectivity index (χ2n) is 1.50. The van der Waals surface area contributed by atoms with Gasteiger partial charge in [-0.15, -0.1) is 0 Å². The maximum atomic E-state index is 5.02. The molecule has 46 valence electrons. The number of ether oxygens (including phenoxy) is 1. The highest BCUT2D eigenvalue weighted by Crippen LogP contribution is 1.89. The summed E-state index contributed by atoms with van der Waals surface area (Å²) < 4.78 is 5.02. The first kappa shape index (κ1) is 7.44. The van der Waals surface area contributed by atoms with E-state index in [0.29, 0.717) is 6.61 Å². The molecule has 0 heterocycles. The van der Waals surface area contributed by atoms with Gasteiger partial charge in [-0.05, 0) is 12.5 Å². The summed E-state index contributed by atoms with van der Waals surface area (Å²) >= 11 is 0. The lowest BCUT2D eigenvalue weighted by Crippen LogP contribution is -1.93. The second-order valence-corrected chi connectivity index (χ2v) is 1.50. The monoisotopic (exact) mass is 112 g/mol. The highest BCUT2D eigenvalue weighted by molar-refractivity contribution is 5.10.